The Bertz CT molecular complexity index is 728. The van der Waals surface area contributed by atoms with Gasteiger partial charge < -0.3 is 15.7 Å². The third-order valence-electron chi connectivity index (χ3n) is 2.54. The number of nitrogens with one attached hydrogen (secondary N) is 2. The molecule has 0 unspecified atom stereocenters. The predicted molar refractivity (Wildman–Crippen MR) is 88.7 cm³/mol. The number of rotatable bonds is 3. The molecule has 106 valence electrons. The third-order valence-corrected chi connectivity index (χ3v) is 3.48. The Morgan fingerprint density at radius 1 is 1.14 bits per heavy atom. The highest BCUT2D eigenvalue weighted by Crippen LogP contribution is 2.34. The van der Waals surface area contributed by atoms with Crippen molar-refractivity contribution in [3.05, 3.63) is 56.5 Å². The van der Waals surface area contributed by atoms with Gasteiger partial charge in [0.25, 0.3) is 0 Å². The van der Waals surface area contributed by atoms with E-state index < -0.39 is 6.03 Å². The molecule has 21 heavy (non-hydrogen) atoms. The van der Waals surface area contributed by atoms with Crippen LogP contribution in [0.3, 0.4) is 0 Å². The lowest BCUT2D eigenvalue weighted by atomic mass is 10.2. The van der Waals surface area contributed by atoms with Crippen LogP contribution in [-0.2, 0) is 0 Å². The number of anilines is 2. The SMILES string of the molecule is [N-]=[N+]=Nc1cccc(NC(=O)Nc2ccccc2I)c1O. The molecule has 0 saturated carbocycles. The first kappa shape index (κ1) is 14.9. The Kier molecular flexibility index (Phi) is 4.85. The summed E-state index contributed by atoms with van der Waals surface area (Å²) in [4.78, 5) is 14.5. The monoisotopic (exact) mass is 395 g/mol. The molecule has 0 fully saturated rings. The number of hydrogen-bond acceptors (Lipinski definition) is 3. The minimum atomic E-state index is -0.507. The van der Waals surface area contributed by atoms with Crippen molar-refractivity contribution in [1.82, 2.24) is 0 Å². The van der Waals surface area contributed by atoms with Crippen molar-refractivity contribution in [2.24, 2.45) is 5.11 Å². The Morgan fingerprint density at radius 3 is 2.52 bits per heavy atom. The Labute approximate surface area is 133 Å². The van der Waals surface area contributed by atoms with Crippen LogP contribution in [0.2, 0.25) is 0 Å². The topological polar surface area (TPSA) is 110 Å². The number of aromatic hydroxyl groups is 1. The molecule has 0 bridgehead atoms. The van der Waals surface area contributed by atoms with Gasteiger partial charge in [0.2, 0.25) is 0 Å². The molecule has 0 atom stereocenters. The molecule has 8 heteroatoms. The number of phenolic OH excluding ortho intramolecular Hbond substituents is 1. The molecule has 0 aliphatic heterocycles. The molecule has 0 aliphatic rings. The molecule has 0 radical (unpaired) electrons. The van der Waals surface area contributed by atoms with Gasteiger partial charge in [-0.3, -0.25) is 0 Å². The highest BCUT2D eigenvalue weighted by atomic mass is 127. The number of carbonyl (C=O) groups excluding carboxylic acids is 1. The molecule has 7 nitrogen and oxygen atoms in total. The first-order valence-electron chi connectivity index (χ1n) is 5.81. The van der Waals surface area contributed by atoms with Crippen molar-refractivity contribution < 1.29 is 9.90 Å². The van der Waals surface area contributed by atoms with Crippen molar-refractivity contribution in [2.75, 3.05) is 10.6 Å². The summed E-state index contributed by atoms with van der Waals surface area (Å²) in [5, 5.41) is 18.4. The second kappa shape index (κ2) is 6.82. The Hall–Kier alpha value is -2.45. The van der Waals surface area contributed by atoms with E-state index in [-0.39, 0.29) is 17.1 Å². The van der Waals surface area contributed by atoms with Gasteiger partial charge in [-0.25, -0.2) is 4.79 Å². The summed E-state index contributed by atoms with van der Waals surface area (Å²) in [6.45, 7) is 0. The minimum Gasteiger partial charge on any atom is -0.505 e. The Balaban J connectivity index is 2.15. The summed E-state index contributed by atoms with van der Waals surface area (Å²) in [5.41, 5.74) is 9.24. The normalized spacial score (nSPS) is 9.57. The van der Waals surface area contributed by atoms with Gasteiger partial charge in [-0.15, -0.1) is 0 Å². The number of benzene rings is 2. The number of carbonyl (C=O) groups is 1. The maximum Gasteiger partial charge on any atom is 0.323 e. The zero-order valence-corrected chi connectivity index (χ0v) is 12.8. The van der Waals surface area contributed by atoms with E-state index in [4.69, 9.17) is 5.53 Å². The summed E-state index contributed by atoms with van der Waals surface area (Å²) in [5.74, 6) is -0.284. The average molecular weight is 395 g/mol. The van der Waals surface area contributed by atoms with Crippen LogP contribution in [0.4, 0.5) is 21.9 Å². The van der Waals surface area contributed by atoms with Gasteiger partial charge in [0.1, 0.15) is 5.75 Å². The molecule has 3 N–H and O–H groups in total. The van der Waals surface area contributed by atoms with Crippen molar-refractivity contribution in [3.8, 4) is 5.75 Å². The molecule has 0 heterocycles. The zero-order chi connectivity index (χ0) is 15.2. The van der Waals surface area contributed by atoms with Crippen molar-refractivity contribution in [2.45, 2.75) is 0 Å². The number of halogens is 1. The zero-order valence-electron chi connectivity index (χ0n) is 10.6. The van der Waals surface area contributed by atoms with Gasteiger partial charge in [-0.2, -0.15) is 0 Å². The molecule has 0 aliphatic carbocycles. The van der Waals surface area contributed by atoms with Crippen molar-refractivity contribution in [1.29, 1.82) is 0 Å². The third kappa shape index (κ3) is 3.77. The number of para-hydroxylation sites is 2. The molecular weight excluding hydrogens is 385 g/mol. The van der Waals surface area contributed by atoms with Gasteiger partial charge in [0.15, 0.2) is 0 Å². The van der Waals surface area contributed by atoms with Gasteiger partial charge in [-0.1, -0.05) is 23.3 Å². The summed E-state index contributed by atoms with van der Waals surface area (Å²) in [6.07, 6.45) is 0. The summed E-state index contributed by atoms with van der Waals surface area (Å²) >= 11 is 2.10. The average Bonchev–Trinajstić information content (AvgIpc) is 2.46. The van der Waals surface area contributed by atoms with Crippen molar-refractivity contribution in [3.63, 3.8) is 0 Å². The van der Waals surface area contributed by atoms with Gasteiger partial charge >= 0.3 is 6.03 Å². The number of azide groups is 1. The lowest BCUT2D eigenvalue weighted by Gasteiger charge is -2.11. The molecule has 2 amide bonds. The number of amides is 2. The number of phenols is 1. The van der Waals surface area contributed by atoms with Crippen LogP contribution < -0.4 is 10.6 Å². The van der Waals surface area contributed by atoms with Crippen LogP contribution in [-0.4, -0.2) is 11.1 Å². The van der Waals surface area contributed by atoms with E-state index in [1.165, 1.54) is 12.1 Å². The lowest BCUT2D eigenvalue weighted by Crippen LogP contribution is -2.20. The number of urea groups is 1. The van der Waals surface area contributed by atoms with E-state index in [0.717, 1.165) is 3.57 Å². The molecular formula is C13H10IN5O2. The fraction of sp³-hybridized carbons (Fsp3) is 0. The molecule has 0 aromatic heterocycles. The molecule has 2 aromatic carbocycles. The summed E-state index contributed by atoms with van der Waals surface area (Å²) in [6, 6.07) is 11.3. The van der Waals surface area contributed by atoms with E-state index >= 15 is 0 Å². The Morgan fingerprint density at radius 2 is 1.81 bits per heavy atom. The molecule has 0 spiro atoms. The van der Waals surface area contributed by atoms with Crippen LogP contribution in [0.5, 0.6) is 5.75 Å². The van der Waals surface area contributed by atoms with Crippen molar-refractivity contribution >= 4 is 45.7 Å². The van der Waals surface area contributed by atoms with E-state index in [1.54, 1.807) is 18.2 Å². The van der Waals surface area contributed by atoms with E-state index in [1.807, 2.05) is 12.1 Å². The van der Waals surface area contributed by atoms with Crippen LogP contribution >= 0.6 is 22.6 Å². The first-order chi connectivity index (χ1) is 10.1. The van der Waals surface area contributed by atoms with Crippen LogP contribution in [0, 0.1) is 3.57 Å². The van der Waals surface area contributed by atoms with Crippen LogP contribution in [0.25, 0.3) is 10.4 Å². The van der Waals surface area contributed by atoms with Gasteiger partial charge in [0.05, 0.1) is 17.1 Å². The lowest BCUT2D eigenvalue weighted by molar-refractivity contribution is 0.262. The maximum absolute atomic E-state index is 11.9. The maximum atomic E-state index is 11.9. The first-order valence-corrected chi connectivity index (χ1v) is 6.89. The predicted octanol–water partition coefficient (Wildman–Crippen LogP) is 4.58. The van der Waals surface area contributed by atoms with Crippen LogP contribution in [0.1, 0.15) is 0 Å². The molecule has 0 saturated heterocycles. The largest absolute Gasteiger partial charge is 0.505 e. The standard InChI is InChI=1S/C13H10IN5O2/c14-8-4-1-2-5-9(8)16-13(21)17-10-6-3-7-11(12(10)20)18-19-15/h1-7,20H,(H2,16,17,21). The smallest absolute Gasteiger partial charge is 0.323 e. The second-order valence-corrected chi connectivity index (χ2v) is 5.08. The summed E-state index contributed by atoms with van der Waals surface area (Å²) < 4.78 is 0.886. The number of nitrogens with zero attached hydrogens (tertiary/aromatic N) is 3. The van der Waals surface area contributed by atoms with Gasteiger partial charge in [0, 0.05) is 8.48 Å². The summed E-state index contributed by atoms with van der Waals surface area (Å²) in [7, 11) is 0. The van der Waals surface area contributed by atoms with E-state index in [9.17, 15) is 9.90 Å². The fourth-order valence-electron chi connectivity index (χ4n) is 1.60. The number of hydrogen-bond donors (Lipinski definition) is 3. The van der Waals surface area contributed by atoms with E-state index in [0.29, 0.717) is 5.69 Å². The van der Waals surface area contributed by atoms with E-state index in [2.05, 4.69) is 43.3 Å². The quantitative estimate of drug-likeness (QED) is 0.232. The molecule has 2 rings (SSSR count). The van der Waals surface area contributed by atoms with Gasteiger partial charge in [-0.05, 0) is 52.4 Å². The van der Waals surface area contributed by atoms with Crippen LogP contribution in [0.15, 0.2) is 47.6 Å². The molecule has 2 aromatic rings. The second-order valence-electron chi connectivity index (χ2n) is 3.92. The highest BCUT2D eigenvalue weighted by molar-refractivity contribution is 14.1. The fourth-order valence-corrected chi connectivity index (χ4v) is 2.12. The minimum absolute atomic E-state index is 0.0459. The highest BCUT2D eigenvalue weighted by Gasteiger charge is 2.10.